The molecule has 0 aliphatic heterocycles. The van der Waals surface area contributed by atoms with Crippen LogP contribution in [-0.4, -0.2) is 30.2 Å². The third-order valence-corrected chi connectivity index (χ3v) is 7.03. The van der Waals surface area contributed by atoms with Gasteiger partial charge in [-0.1, -0.05) is 20.3 Å². The molecule has 0 saturated heterocycles. The van der Waals surface area contributed by atoms with Crippen LogP contribution in [0.5, 0.6) is 0 Å². The van der Waals surface area contributed by atoms with E-state index < -0.39 is 5.54 Å². The molecule has 4 heteroatoms. The number of nitrogens with two attached hydrogens (primary N) is 1. The van der Waals surface area contributed by atoms with Crippen molar-refractivity contribution in [1.82, 2.24) is 5.32 Å². The molecule has 0 radical (unpaired) electrons. The summed E-state index contributed by atoms with van der Waals surface area (Å²) < 4.78 is 5.72. The second-order valence-electron chi connectivity index (χ2n) is 8.44. The number of rotatable bonds is 5. The van der Waals surface area contributed by atoms with Gasteiger partial charge in [0.2, 0.25) is 5.91 Å². The lowest BCUT2D eigenvalue weighted by Gasteiger charge is -2.57. The lowest BCUT2D eigenvalue weighted by atomic mass is 9.54. The summed E-state index contributed by atoms with van der Waals surface area (Å²) in [5.41, 5.74) is 5.38. The van der Waals surface area contributed by atoms with Crippen LogP contribution in [-0.2, 0) is 9.53 Å². The molecule has 6 atom stereocenters. The van der Waals surface area contributed by atoms with Gasteiger partial charge in [-0.15, -0.1) is 0 Å². The van der Waals surface area contributed by atoms with Gasteiger partial charge >= 0.3 is 0 Å². The topological polar surface area (TPSA) is 64.3 Å². The Balaban J connectivity index is 1.60. The first-order chi connectivity index (χ1) is 10.3. The molecule has 4 nitrogen and oxygen atoms in total. The number of carbonyl (C=O) groups is 1. The van der Waals surface area contributed by atoms with Gasteiger partial charge in [-0.2, -0.15) is 0 Å². The summed E-state index contributed by atoms with van der Waals surface area (Å²) in [5.74, 6) is 2.39. The van der Waals surface area contributed by atoms with Crippen LogP contribution in [0.25, 0.3) is 0 Å². The Labute approximate surface area is 134 Å². The number of carbonyl (C=O) groups excluding carboxylic acids is 1. The maximum Gasteiger partial charge on any atom is 0.241 e. The predicted molar refractivity (Wildman–Crippen MR) is 87.3 cm³/mol. The van der Waals surface area contributed by atoms with Crippen molar-refractivity contribution in [2.24, 2.45) is 28.9 Å². The summed E-state index contributed by atoms with van der Waals surface area (Å²) in [7, 11) is 0. The van der Waals surface area contributed by atoms with Crippen LogP contribution >= 0.6 is 0 Å². The highest BCUT2D eigenvalue weighted by molar-refractivity contribution is 5.89. The normalized spacial score (nSPS) is 43.7. The molecule has 0 aromatic carbocycles. The second-order valence-corrected chi connectivity index (χ2v) is 8.44. The fourth-order valence-electron chi connectivity index (χ4n) is 5.17. The molecular formula is C18H32N2O2. The van der Waals surface area contributed by atoms with Gasteiger partial charge in [0.15, 0.2) is 0 Å². The Morgan fingerprint density at radius 1 is 1.36 bits per heavy atom. The fourth-order valence-corrected chi connectivity index (χ4v) is 5.17. The van der Waals surface area contributed by atoms with Crippen LogP contribution in [0.3, 0.4) is 0 Å². The van der Waals surface area contributed by atoms with Crippen LogP contribution in [0.15, 0.2) is 0 Å². The Hall–Kier alpha value is -0.610. The molecule has 1 amide bonds. The number of ether oxygens (including phenoxy) is 1. The lowest BCUT2D eigenvalue weighted by Crippen LogP contribution is -2.76. The van der Waals surface area contributed by atoms with E-state index in [-0.39, 0.29) is 23.5 Å². The molecule has 3 aliphatic rings. The van der Waals surface area contributed by atoms with Crippen molar-refractivity contribution in [3.8, 4) is 0 Å². The molecule has 126 valence electrons. The molecule has 0 heterocycles. The molecule has 0 aromatic heterocycles. The molecule has 6 unspecified atom stereocenters. The van der Waals surface area contributed by atoms with E-state index in [0.29, 0.717) is 18.9 Å². The molecule has 3 aliphatic carbocycles. The van der Waals surface area contributed by atoms with Crippen LogP contribution in [0.4, 0.5) is 0 Å². The lowest BCUT2D eigenvalue weighted by molar-refractivity contribution is -0.171. The molecule has 0 spiro atoms. The van der Waals surface area contributed by atoms with Crippen molar-refractivity contribution in [2.45, 2.75) is 77.5 Å². The van der Waals surface area contributed by atoms with Crippen molar-refractivity contribution >= 4 is 5.91 Å². The van der Waals surface area contributed by atoms with Crippen LogP contribution in [0.1, 0.15) is 59.8 Å². The molecule has 3 saturated carbocycles. The monoisotopic (exact) mass is 308 g/mol. The highest BCUT2D eigenvalue weighted by atomic mass is 16.5. The first-order valence-electron chi connectivity index (χ1n) is 9.01. The van der Waals surface area contributed by atoms with Gasteiger partial charge in [-0.25, -0.2) is 0 Å². The molecule has 0 aromatic rings. The van der Waals surface area contributed by atoms with E-state index >= 15 is 0 Å². The van der Waals surface area contributed by atoms with E-state index in [4.69, 9.17) is 10.5 Å². The van der Waals surface area contributed by atoms with E-state index in [1.54, 1.807) is 0 Å². The molecule has 3 fully saturated rings. The maximum absolute atomic E-state index is 12.8. The zero-order valence-electron chi connectivity index (χ0n) is 14.5. The van der Waals surface area contributed by atoms with Gasteiger partial charge in [0.25, 0.3) is 0 Å². The van der Waals surface area contributed by atoms with Gasteiger partial charge in [0.05, 0.1) is 6.10 Å². The number of hydrogen-bond acceptors (Lipinski definition) is 3. The van der Waals surface area contributed by atoms with Crippen molar-refractivity contribution in [3.05, 3.63) is 0 Å². The van der Waals surface area contributed by atoms with E-state index in [2.05, 4.69) is 26.1 Å². The summed E-state index contributed by atoms with van der Waals surface area (Å²) in [6.45, 7) is 8.94. The summed E-state index contributed by atoms with van der Waals surface area (Å²) in [5, 5.41) is 3.25. The Bertz CT molecular complexity index is 450. The van der Waals surface area contributed by atoms with Crippen LogP contribution < -0.4 is 11.1 Å². The zero-order chi connectivity index (χ0) is 16.1. The minimum Gasteiger partial charge on any atom is -0.378 e. The molecule has 2 bridgehead atoms. The second kappa shape index (κ2) is 5.48. The van der Waals surface area contributed by atoms with Crippen LogP contribution in [0, 0.1) is 23.2 Å². The number of fused-ring (bicyclic) bond motifs is 2. The van der Waals surface area contributed by atoms with Gasteiger partial charge in [-0.3, -0.25) is 4.79 Å². The zero-order valence-corrected chi connectivity index (χ0v) is 14.5. The average Bonchev–Trinajstić information content (AvgIpc) is 3.09. The highest BCUT2D eigenvalue weighted by Crippen LogP contribution is 2.51. The van der Waals surface area contributed by atoms with Crippen molar-refractivity contribution in [2.75, 3.05) is 6.61 Å². The first-order valence-corrected chi connectivity index (χ1v) is 9.01. The third-order valence-electron chi connectivity index (χ3n) is 7.03. The average molecular weight is 308 g/mol. The third kappa shape index (κ3) is 2.30. The Kier molecular flexibility index (Phi) is 4.05. The molecule has 3 rings (SSSR count). The van der Waals surface area contributed by atoms with Gasteiger partial charge in [0, 0.05) is 24.5 Å². The minimum absolute atomic E-state index is 0.0173. The quantitative estimate of drug-likeness (QED) is 0.820. The van der Waals surface area contributed by atoms with E-state index in [9.17, 15) is 4.79 Å². The van der Waals surface area contributed by atoms with Crippen molar-refractivity contribution in [3.63, 3.8) is 0 Å². The Morgan fingerprint density at radius 3 is 2.59 bits per heavy atom. The fraction of sp³-hybridized carbons (Fsp3) is 0.944. The SMILES string of the molecule is CCOC1CC(N)(C(=O)NC(C)C2CC3CCC2C3)C1(C)C. The van der Waals surface area contributed by atoms with E-state index in [1.807, 2.05) is 6.92 Å². The van der Waals surface area contributed by atoms with Gasteiger partial charge < -0.3 is 15.8 Å². The van der Waals surface area contributed by atoms with Gasteiger partial charge in [0.1, 0.15) is 5.54 Å². The van der Waals surface area contributed by atoms with E-state index in [0.717, 1.165) is 11.8 Å². The number of hydrogen-bond donors (Lipinski definition) is 2. The highest BCUT2D eigenvalue weighted by Gasteiger charge is 2.63. The van der Waals surface area contributed by atoms with Gasteiger partial charge in [-0.05, 0) is 50.9 Å². The smallest absolute Gasteiger partial charge is 0.241 e. The number of nitrogens with one attached hydrogen (secondary N) is 1. The summed E-state index contributed by atoms with van der Waals surface area (Å²) in [4.78, 5) is 12.8. The molecule has 22 heavy (non-hydrogen) atoms. The first kappa shape index (κ1) is 16.3. The summed E-state index contributed by atoms with van der Waals surface area (Å²) in [6, 6.07) is 0.241. The largest absolute Gasteiger partial charge is 0.378 e. The van der Waals surface area contributed by atoms with Crippen molar-refractivity contribution in [1.29, 1.82) is 0 Å². The molecule has 3 N–H and O–H groups in total. The minimum atomic E-state index is -0.793. The van der Waals surface area contributed by atoms with Crippen LogP contribution in [0.2, 0.25) is 0 Å². The Morgan fingerprint density at radius 2 is 2.09 bits per heavy atom. The standard InChI is InChI=1S/C18H32N2O2/c1-5-22-15-10-18(19,17(15,3)4)16(21)20-11(2)14-9-12-6-7-13(14)8-12/h11-15H,5-10,19H2,1-4H3,(H,20,21). The number of amides is 1. The van der Waals surface area contributed by atoms with E-state index in [1.165, 1.54) is 25.7 Å². The maximum atomic E-state index is 12.8. The predicted octanol–water partition coefficient (Wildman–Crippen LogP) is 2.46. The van der Waals surface area contributed by atoms with Crippen molar-refractivity contribution < 1.29 is 9.53 Å². The summed E-state index contributed by atoms with van der Waals surface area (Å²) in [6.07, 6.45) is 6.12. The molecular weight excluding hydrogens is 276 g/mol. The summed E-state index contributed by atoms with van der Waals surface area (Å²) >= 11 is 0.